The van der Waals surface area contributed by atoms with E-state index in [0.717, 1.165) is 0 Å². The van der Waals surface area contributed by atoms with Crippen molar-refractivity contribution in [1.29, 1.82) is 0 Å². The molecule has 1 atom stereocenters. The molecule has 0 aliphatic heterocycles. The Morgan fingerprint density at radius 3 is 2.62 bits per heavy atom. The van der Waals surface area contributed by atoms with Crippen molar-refractivity contribution in [2.45, 2.75) is 20.0 Å². The molecule has 1 amide bonds. The van der Waals surface area contributed by atoms with Gasteiger partial charge in [-0.1, -0.05) is 0 Å². The number of amides is 1. The number of nitrogens with zero attached hydrogens (tertiary/aromatic N) is 3. The smallest absolute Gasteiger partial charge is 0.255 e. The summed E-state index contributed by atoms with van der Waals surface area (Å²) >= 11 is 0. The number of carbonyl (C=O) groups is 1. The highest BCUT2D eigenvalue weighted by Gasteiger charge is 2.12. The van der Waals surface area contributed by atoms with Crippen LogP contribution in [-0.2, 0) is 11.8 Å². The van der Waals surface area contributed by atoms with Gasteiger partial charge in [0.25, 0.3) is 5.91 Å². The van der Waals surface area contributed by atoms with Gasteiger partial charge in [0.05, 0.1) is 0 Å². The average Bonchev–Trinajstić information content (AvgIpc) is 2.36. The topological polar surface area (TPSA) is 80.0 Å². The lowest BCUT2D eigenvalue weighted by atomic mass is 10.4. The van der Waals surface area contributed by atoms with E-state index < -0.39 is 12.0 Å². The molecule has 1 aromatic rings. The fraction of sp³-hybridized carbons (Fsp3) is 0.571. The minimum Gasteiger partial charge on any atom is -0.384 e. The summed E-state index contributed by atoms with van der Waals surface area (Å²) in [5.41, 5.74) is 0. The first-order valence-electron chi connectivity index (χ1n) is 3.87. The maximum Gasteiger partial charge on any atom is 0.255 e. The Balaban J connectivity index is 2.75. The number of nitrogens with one attached hydrogen (secondary N) is 1. The van der Waals surface area contributed by atoms with Crippen molar-refractivity contribution in [2.24, 2.45) is 7.05 Å². The Kier molecular flexibility index (Phi) is 2.62. The van der Waals surface area contributed by atoms with E-state index in [1.807, 2.05) is 0 Å². The van der Waals surface area contributed by atoms with E-state index in [4.69, 9.17) is 5.11 Å². The number of aliphatic hydroxyl groups is 1. The van der Waals surface area contributed by atoms with Crippen molar-refractivity contribution in [3.63, 3.8) is 0 Å². The van der Waals surface area contributed by atoms with Crippen LogP contribution in [0.4, 0.5) is 5.95 Å². The van der Waals surface area contributed by atoms with E-state index in [2.05, 4.69) is 15.5 Å². The van der Waals surface area contributed by atoms with Crippen molar-refractivity contribution < 1.29 is 9.90 Å². The maximum atomic E-state index is 11.0. The summed E-state index contributed by atoms with van der Waals surface area (Å²) in [5.74, 6) is 0.541. The van der Waals surface area contributed by atoms with Gasteiger partial charge in [-0.2, -0.15) is 0 Å². The summed E-state index contributed by atoms with van der Waals surface area (Å²) in [5, 5.41) is 18.8. The van der Waals surface area contributed by atoms with Gasteiger partial charge in [-0.3, -0.25) is 10.1 Å². The van der Waals surface area contributed by atoms with Crippen LogP contribution in [-0.4, -0.2) is 31.9 Å². The molecule has 0 unspecified atom stereocenters. The predicted octanol–water partition coefficient (Wildman–Crippen LogP) is -0.557. The molecule has 0 bridgehead atoms. The van der Waals surface area contributed by atoms with Crippen molar-refractivity contribution in [2.75, 3.05) is 5.32 Å². The number of hydrogen-bond acceptors (Lipinski definition) is 4. The highest BCUT2D eigenvalue weighted by Crippen LogP contribution is 2.03. The highest BCUT2D eigenvalue weighted by atomic mass is 16.3. The van der Waals surface area contributed by atoms with Crippen LogP contribution in [0, 0.1) is 6.92 Å². The molecule has 0 saturated heterocycles. The van der Waals surface area contributed by atoms with Gasteiger partial charge in [0, 0.05) is 7.05 Å². The fourth-order valence-corrected chi connectivity index (χ4v) is 0.731. The van der Waals surface area contributed by atoms with Gasteiger partial charge in [0.1, 0.15) is 11.9 Å². The van der Waals surface area contributed by atoms with Crippen LogP contribution in [0.2, 0.25) is 0 Å². The Labute approximate surface area is 75.6 Å². The Bertz CT molecular complexity index is 318. The monoisotopic (exact) mass is 184 g/mol. The van der Waals surface area contributed by atoms with Crippen LogP contribution >= 0.6 is 0 Å². The molecular formula is C7H12N4O2. The number of rotatable bonds is 2. The third-order valence-electron chi connectivity index (χ3n) is 1.71. The SMILES string of the molecule is Cc1nnc(NC(=O)[C@H](C)O)n1C. The van der Waals surface area contributed by atoms with Gasteiger partial charge >= 0.3 is 0 Å². The predicted molar refractivity (Wildman–Crippen MR) is 46.1 cm³/mol. The number of aliphatic hydroxyl groups excluding tert-OH is 1. The molecular weight excluding hydrogens is 172 g/mol. The maximum absolute atomic E-state index is 11.0. The van der Waals surface area contributed by atoms with Gasteiger partial charge in [-0.25, -0.2) is 0 Å². The van der Waals surface area contributed by atoms with E-state index in [1.165, 1.54) is 6.92 Å². The second-order valence-electron chi connectivity index (χ2n) is 2.80. The number of anilines is 1. The minimum absolute atomic E-state index is 0.336. The molecule has 6 nitrogen and oxygen atoms in total. The molecule has 0 radical (unpaired) electrons. The van der Waals surface area contributed by atoms with Crippen LogP contribution in [0.5, 0.6) is 0 Å². The molecule has 1 rings (SSSR count). The van der Waals surface area contributed by atoms with E-state index in [1.54, 1.807) is 18.5 Å². The molecule has 1 heterocycles. The average molecular weight is 184 g/mol. The molecule has 0 fully saturated rings. The van der Waals surface area contributed by atoms with Crippen molar-refractivity contribution in [3.05, 3.63) is 5.82 Å². The highest BCUT2D eigenvalue weighted by molar-refractivity contribution is 5.92. The quantitative estimate of drug-likeness (QED) is 0.645. The van der Waals surface area contributed by atoms with Crippen LogP contribution in [0.25, 0.3) is 0 Å². The summed E-state index contributed by atoms with van der Waals surface area (Å²) in [7, 11) is 1.73. The lowest BCUT2D eigenvalue weighted by Gasteiger charge is -2.05. The Hall–Kier alpha value is -1.43. The van der Waals surface area contributed by atoms with E-state index in [-0.39, 0.29) is 0 Å². The zero-order chi connectivity index (χ0) is 10.0. The van der Waals surface area contributed by atoms with Crippen LogP contribution < -0.4 is 5.32 Å². The van der Waals surface area contributed by atoms with E-state index >= 15 is 0 Å². The normalized spacial score (nSPS) is 12.6. The summed E-state index contributed by atoms with van der Waals surface area (Å²) in [6, 6.07) is 0. The van der Waals surface area contributed by atoms with Gasteiger partial charge < -0.3 is 9.67 Å². The standard InChI is InChI=1S/C7H12N4O2/c1-4(12)6(13)8-7-10-9-5(2)11(7)3/h4,12H,1-3H3,(H,8,10,13)/t4-/m0/s1. The first-order chi connectivity index (χ1) is 6.02. The second kappa shape index (κ2) is 3.53. The lowest BCUT2D eigenvalue weighted by Crippen LogP contribution is -2.26. The van der Waals surface area contributed by atoms with E-state index in [9.17, 15) is 4.79 Å². The Morgan fingerprint density at radius 1 is 1.62 bits per heavy atom. The van der Waals surface area contributed by atoms with Crippen LogP contribution in [0.1, 0.15) is 12.7 Å². The number of aryl methyl sites for hydroxylation is 1. The first kappa shape index (κ1) is 9.66. The van der Waals surface area contributed by atoms with Crippen molar-refractivity contribution in [1.82, 2.24) is 14.8 Å². The summed E-state index contributed by atoms with van der Waals surface area (Å²) < 4.78 is 1.63. The molecule has 0 aliphatic carbocycles. The van der Waals surface area contributed by atoms with Gasteiger partial charge in [-0.05, 0) is 13.8 Å². The van der Waals surface area contributed by atoms with Gasteiger partial charge in [-0.15, -0.1) is 10.2 Å². The minimum atomic E-state index is -1.04. The van der Waals surface area contributed by atoms with Gasteiger partial charge in [0.2, 0.25) is 5.95 Å². The Morgan fingerprint density at radius 2 is 2.23 bits per heavy atom. The van der Waals surface area contributed by atoms with Crippen LogP contribution in [0.15, 0.2) is 0 Å². The summed E-state index contributed by atoms with van der Waals surface area (Å²) in [4.78, 5) is 11.0. The number of aromatic nitrogens is 3. The molecule has 72 valence electrons. The third-order valence-corrected chi connectivity index (χ3v) is 1.71. The van der Waals surface area contributed by atoms with Crippen molar-refractivity contribution >= 4 is 11.9 Å². The molecule has 6 heteroatoms. The number of carbonyl (C=O) groups excluding carboxylic acids is 1. The largest absolute Gasteiger partial charge is 0.384 e. The summed E-state index contributed by atoms with van der Waals surface area (Å²) in [6.07, 6.45) is -1.04. The molecule has 0 saturated carbocycles. The molecule has 2 N–H and O–H groups in total. The van der Waals surface area contributed by atoms with Gasteiger partial charge in [0.15, 0.2) is 0 Å². The molecule has 0 aromatic carbocycles. The van der Waals surface area contributed by atoms with E-state index in [0.29, 0.717) is 11.8 Å². The zero-order valence-corrected chi connectivity index (χ0v) is 7.77. The summed E-state index contributed by atoms with van der Waals surface area (Å²) in [6.45, 7) is 3.16. The first-order valence-corrected chi connectivity index (χ1v) is 3.87. The fourth-order valence-electron chi connectivity index (χ4n) is 0.731. The molecule has 0 spiro atoms. The van der Waals surface area contributed by atoms with Crippen LogP contribution in [0.3, 0.4) is 0 Å². The molecule has 0 aliphatic rings. The lowest BCUT2D eigenvalue weighted by molar-refractivity contribution is -0.123. The number of hydrogen-bond donors (Lipinski definition) is 2. The molecule has 1 aromatic heterocycles. The van der Waals surface area contributed by atoms with Crippen molar-refractivity contribution in [3.8, 4) is 0 Å². The second-order valence-corrected chi connectivity index (χ2v) is 2.80. The molecule has 13 heavy (non-hydrogen) atoms. The zero-order valence-electron chi connectivity index (χ0n) is 7.77. The third kappa shape index (κ3) is 2.03.